The van der Waals surface area contributed by atoms with Crippen LogP contribution in [0.25, 0.3) is 0 Å². The van der Waals surface area contributed by atoms with E-state index < -0.39 is 0 Å². The van der Waals surface area contributed by atoms with Crippen LogP contribution >= 0.6 is 0 Å². The van der Waals surface area contributed by atoms with Crippen LogP contribution in [0.1, 0.15) is 25.6 Å². The summed E-state index contributed by atoms with van der Waals surface area (Å²) in [6.07, 6.45) is -0.160. The van der Waals surface area contributed by atoms with Crippen LogP contribution in [0, 0.1) is 17.3 Å². The van der Waals surface area contributed by atoms with E-state index >= 15 is 0 Å². The first-order valence-corrected chi connectivity index (χ1v) is 6.61. The number of ether oxygens (including phenoxy) is 1. The molecule has 4 atom stereocenters. The molecular formula is C15H17NO2. The van der Waals surface area contributed by atoms with Gasteiger partial charge in [-0.1, -0.05) is 44.2 Å². The highest BCUT2D eigenvalue weighted by Crippen LogP contribution is 2.67. The molecule has 1 unspecified atom stereocenters. The number of benzene rings is 1. The molecule has 4 rings (SSSR count). The Kier molecular flexibility index (Phi) is 1.85. The minimum atomic E-state index is -0.160. The lowest BCUT2D eigenvalue weighted by Crippen LogP contribution is -2.37. The van der Waals surface area contributed by atoms with Crippen LogP contribution in [0.15, 0.2) is 30.3 Å². The van der Waals surface area contributed by atoms with Crippen LogP contribution < -0.4 is 0 Å². The first-order valence-electron chi connectivity index (χ1n) is 6.61. The number of hydrogen-bond acceptors (Lipinski definition) is 2. The molecule has 3 aliphatic rings. The summed E-state index contributed by atoms with van der Waals surface area (Å²) >= 11 is 0. The number of carbonyl (C=O) groups is 1. The van der Waals surface area contributed by atoms with Crippen LogP contribution in [-0.4, -0.2) is 23.5 Å². The average molecular weight is 243 g/mol. The second-order valence-corrected chi connectivity index (χ2v) is 6.23. The number of nitrogens with zero attached hydrogens (tertiary/aromatic N) is 1. The lowest BCUT2D eigenvalue weighted by Gasteiger charge is -2.27. The molecule has 0 bridgehead atoms. The van der Waals surface area contributed by atoms with Gasteiger partial charge in [0.25, 0.3) is 0 Å². The van der Waals surface area contributed by atoms with E-state index in [1.165, 1.54) is 0 Å². The maximum Gasteiger partial charge on any atom is 0.229 e. The molecule has 2 saturated heterocycles. The Labute approximate surface area is 107 Å². The molecule has 0 N–H and O–H groups in total. The number of rotatable bonds is 1. The fraction of sp³-hybridized carbons (Fsp3) is 0.533. The van der Waals surface area contributed by atoms with Gasteiger partial charge >= 0.3 is 0 Å². The number of hydrogen-bond donors (Lipinski definition) is 0. The summed E-state index contributed by atoms with van der Waals surface area (Å²) in [6, 6.07) is 10.4. The van der Waals surface area contributed by atoms with Crippen molar-refractivity contribution in [3.8, 4) is 0 Å². The first kappa shape index (κ1) is 10.6. The van der Waals surface area contributed by atoms with Gasteiger partial charge in [0.05, 0.1) is 12.6 Å². The first-order chi connectivity index (χ1) is 8.62. The lowest BCUT2D eigenvalue weighted by atomic mass is 10.0. The van der Waals surface area contributed by atoms with Crippen molar-refractivity contribution in [2.24, 2.45) is 17.3 Å². The molecule has 1 saturated carbocycles. The molecular weight excluding hydrogens is 226 g/mol. The minimum Gasteiger partial charge on any atom is -0.352 e. The van der Waals surface area contributed by atoms with E-state index in [-0.39, 0.29) is 17.6 Å². The Balaban J connectivity index is 1.67. The maximum atomic E-state index is 12.5. The Bertz CT molecular complexity index is 510. The predicted octanol–water partition coefficient (Wildman–Crippen LogP) is 2.20. The molecule has 1 aromatic rings. The van der Waals surface area contributed by atoms with Crippen molar-refractivity contribution >= 4 is 5.91 Å². The van der Waals surface area contributed by atoms with Crippen molar-refractivity contribution in [1.82, 2.24) is 4.90 Å². The Morgan fingerprint density at radius 2 is 2.00 bits per heavy atom. The summed E-state index contributed by atoms with van der Waals surface area (Å²) in [4.78, 5) is 14.5. The normalized spacial score (nSPS) is 39.7. The molecule has 3 fully saturated rings. The van der Waals surface area contributed by atoms with E-state index in [1.54, 1.807) is 0 Å². The van der Waals surface area contributed by atoms with Crippen molar-refractivity contribution in [2.45, 2.75) is 26.1 Å². The maximum absolute atomic E-state index is 12.5. The third kappa shape index (κ3) is 1.11. The Morgan fingerprint density at radius 3 is 2.72 bits per heavy atom. The molecule has 18 heavy (non-hydrogen) atoms. The highest BCUT2D eigenvalue weighted by Gasteiger charge is 2.73. The molecule has 2 aliphatic heterocycles. The summed E-state index contributed by atoms with van der Waals surface area (Å²) < 4.78 is 5.87. The monoisotopic (exact) mass is 243 g/mol. The molecule has 1 aromatic carbocycles. The van der Waals surface area contributed by atoms with E-state index in [4.69, 9.17) is 4.74 Å². The quantitative estimate of drug-likeness (QED) is 0.756. The van der Waals surface area contributed by atoms with Crippen molar-refractivity contribution < 1.29 is 9.53 Å². The van der Waals surface area contributed by atoms with Gasteiger partial charge in [-0.15, -0.1) is 0 Å². The number of fused-ring (bicyclic) bond motifs is 3. The van der Waals surface area contributed by atoms with Gasteiger partial charge in [-0.05, 0) is 11.3 Å². The largest absolute Gasteiger partial charge is 0.352 e. The van der Waals surface area contributed by atoms with Crippen LogP contribution in [0.5, 0.6) is 0 Å². The van der Waals surface area contributed by atoms with Crippen LogP contribution in [0.2, 0.25) is 0 Å². The molecule has 0 radical (unpaired) electrons. The second kappa shape index (κ2) is 3.15. The minimum absolute atomic E-state index is 0.160. The van der Waals surface area contributed by atoms with Gasteiger partial charge in [-0.25, -0.2) is 0 Å². The topological polar surface area (TPSA) is 29.5 Å². The molecule has 1 aliphatic carbocycles. The van der Waals surface area contributed by atoms with Gasteiger partial charge < -0.3 is 9.64 Å². The van der Waals surface area contributed by atoms with E-state index in [1.807, 2.05) is 35.2 Å². The van der Waals surface area contributed by atoms with Gasteiger partial charge in [0, 0.05) is 11.5 Å². The Morgan fingerprint density at radius 1 is 1.28 bits per heavy atom. The van der Waals surface area contributed by atoms with Crippen LogP contribution in [0.4, 0.5) is 0 Å². The fourth-order valence-corrected chi connectivity index (χ4v) is 3.98. The molecule has 0 aromatic heterocycles. The summed E-state index contributed by atoms with van der Waals surface area (Å²) in [6.45, 7) is 5.09. The fourth-order valence-electron chi connectivity index (χ4n) is 3.98. The SMILES string of the molecule is CC1(C)[C@@H]2C3CO[C@H](c4ccccc4)N3C(=O)[C@@H]21. The third-order valence-corrected chi connectivity index (χ3v) is 4.97. The van der Waals surface area contributed by atoms with Crippen LogP contribution in [-0.2, 0) is 9.53 Å². The number of carbonyl (C=O) groups excluding carboxylic acids is 1. The van der Waals surface area contributed by atoms with Crippen LogP contribution in [0.3, 0.4) is 0 Å². The van der Waals surface area contributed by atoms with Crippen molar-refractivity contribution in [3.05, 3.63) is 35.9 Å². The van der Waals surface area contributed by atoms with Gasteiger partial charge in [-0.3, -0.25) is 4.79 Å². The van der Waals surface area contributed by atoms with Crippen molar-refractivity contribution in [1.29, 1.82) is 0 Å². The van der Waals surface area contributed by atoms with E-state index in [0.29, 0.717) is 24.5 Å². The van der Waals surface area contributed by atoms with Gasteiger partial charge in [0.1, 0.15) is 0 Å². The van der Waals surface area contributed by atoms with E-state index in [0.717, 1.165) is 5.56 Å². The third-order valence-electron chi connectivity index (χ3n) is 4.97. The average Bonchev–Trinajstić information content (AvgIpc) is 2.70. The summed E-state index contributed by atoms with van der Waals surface area (Å²) in [5, 5.41) is 0. The predicted molar refractivity (Wildman–Crippen MR) is 66.5 cm³/mol. The molecule has 3 nitrogen and oxygen atoms in total. The number of amides is 1. The van der Waals surface area contributed by atoms with Crippen molar-refractivity contribution in [2.75, 3.05) is 6.61 Å². The summed E-state index contributed by atoms with van der Waals surface area (Å²) in [5.74, 6) is 1.03. The highest BCUT2D eigenvalue weighted by molar-refractivity contribution is 5.87. The zero-order valence-corrected chi connectivity index (χ0v) is 10.7. The van der Waals surface area contributed by atoms with Crippen molar-refractivity contribution in [3.63, 3.8) is 0 Å². The smallest absolute Gasteiger partial charge is 0.229 e. The van der Waals surface area contributed by atoms with Gasteiger partial charge in [0.15, 0.2) is 6.23 Å². The molecule has 2 heterocycles. The lowest BCUT2D eigenvalue weighted by molar-refractivity contribution is -0.137. The Hall–Kier alpha value is -1.35. The standard InChI is InChI=1S/C15H17NO2/c1-15(2)11-10-8-18-14(9-6-4-3-5-7-9)16(10)13(17)12(11)15/h3-7,10-12,14H,8H2,1-2H3/t10?,11-,12-,14-/m1/s1. The summed E-state index contributed by atoms with van der Waals surface area (Å²) in [7, 11) is 0. The summed E-state index contributed by atoms with van der Waals surface area (Å²) in [5.41, 5.74) is 1.28. The number of piperidine rings is 1. The highest BCUT2D eigenvalue weighted by atomic mass is 16.5. The molecule has 3 heteroatoms. The van der Waals surface area contributed by atoms with Gasteiger partial charge in [-0.2, -0.15) is 0 Å². The van der Waals surface area contributed by atoms with E-state index in [2.05, 4.69) is 13.8 Å². The van der Waals surface area contributed by atoms with Gasteiger partial charge in [0.2, 0.25) is 5.91 Å². The molecule has 94 valence electrons. The zero-order chi connectivity index (χ0) is 12.5. The molecule has 1 amide bonds. The molecule has 0 spiro atoms. The zero-order valence-electron chi connectivity index (χ0n) is 10.7. The second-order valence-electron chi connectivity index (χ2n) is 6.23. The van der Waals surface area contributed by atoms with E-state index in [9.17, 15) is 4.79 Å².